The van der Waals surface area contributed by atoms with Gasteiger partial charge in [0.1, 0.15) is 0 Å². The quantitative estimate of drug-likeness (QED) is 0.612. The molecule has 1 atom stereocenters. The minimum atomic E-state index is -3.12. The molecule has 0 saturated carbocycles. The van der Waals surface area contributed by atoms with Crippen LogP contribution in [-0.2, 0) is 14.8 Å². The normalized spacial score (nSPS) is 18.4. The van der Waals surface area contributed by atoms with E-state index in [0.717, 1.165) is 25.9 Å². The van der Waals surface area contributed by atoms with Gasteiger partial charge in [0.2, 0.25) is 15.9 Å². The minimum absolute atomic E-state index is 0.0760. The molecule has 1 aliphatic heterocycles. The lowest BCUT2D eigenvalue weighted by atomic mass is 9.84. The molecule has 22 heavy (non-hydrogen) atoms. The number of hydrogen-bond donors (Lipinski definition) is 2. The molecule has 7 heteroatoms. The van der Waals surface area contributed by atoms with E-state index in [0.29, 0.717) is 37.8 Å². The van der Waals surface area contributed by atoms with Gasteiger partial charge in [-0.1, -0.05) is 6.92 Å². The summed E-state index contributed by atoms with van der Waals surface area (Å²) in [7, 11) is -1.53. The Labute approximate surface area is 135 Å². The van der Waals surface area contributed by atoms with Crippen molar-refractivity contribution in [3.8, 4) is 0 Å². The molecule has 1 unspecified atom stereocenters. The monoisotopic (exact) mass is 333 g/mol. The lowest BCUT2D eigenvalue weighted by Crippen LogP contribution is -2.35. The number of carbonyl (C=O) groups is 1. The number of nitrogens with zero attached hydrogens (tertiary/aromatic N) is 1. The van der Waals surface area contributed by atoms with Gasteiger partial charge in [0, 0.05) is 26.6 Å². The molecule has 0 radical (unpaired) electrons. The highest BCUT2D eigenvalue weighted by Crippen LogP contribution is 2.24. The van der Waals surface area contributed by atoms with E-state index < -0.39 is 10.0 Å². The van der Waals surface area contributed by atoms with Crippen LogP contribution in [0, 0.1) is 11.8 Å². The Hall–Kier alpha value is -0.660. The van der Waals surface area contributed by atoms with Crippen molar-refractivity contribution in [1.29, 1.82) is 0 Å². The summed E-state index contributed by atoms with van der Waals surface area (Å²) in [6, 6.07) is 0. The standard InChI is InChI=1S/C15H31N3O3S/c1-4-22(20,21)18(3)11-5-8-17-15(19)12-13(2)14-6-9-16-10-7-14/h13-14,16H,4-12H2,1-3H3,(H,17,19). The highest BCUT2D eigenvalue weighted by Gasteiger charge is 2.21. The van der Waals surface area contributed by atoms with Gasteiger partial charge < -0.3 is 10.6 Å². The van der Waals surface area contributed by atoms with Crippen LogP contribution in [0.5, 0.6) is 0 Å². The summed E-state index contributed by atoms with van der Waals surface area (Å²) in [6.07, 6.45) is 3.50. The van der Waals surface area contributed by atoms with Crippen molar-refractivity contribution in [3.05, 3.63) is 0 Å². The van der Waals surface area contributed by atoms with Crippen molar-refractivity contribution in [2.24, 2.45) is 11.8 Å². The van der Waals surface area contributed by atoms with E-state index in [4.69, 9.17) is 0 Å². The number of amides is 1. The van der Waals surface area contributed by atoms with E-state index in [1.165, 1.54) is 4.31 Å². The van der Waals surface area contributed by atoms with Crippen LogP contribution in [0.15, 0.2) is 0 Å². The predicted octanol–water partition coefficient (Wildman–Crippen LogP) is 0.800. The third kappa shape index (κ3) is 6.62. The zero-order valence-electron chi connectivity index (χ0n) is 14.1. The smallest absolute Gasteiger partial charge is 0.220 e. The maximum atomic E-state index is 11.9. The molecule has 130 valence electrons. The van der Waals surface area contributed by atoms with E-state index in [1.807, 2.05) is 0 Å². The Morgan fingerprint density at radius 2 is 2.00 bits per heavy atom. The van der Waals surface area contributed by atoms with Gasteiger partial charge >= 0.3 is 0 Å². The summed E-state index contributed by atoms with van der Waals surface area (Å²) in [5.74, 6) is 1.23. The lowest BCUT2D eigenvalue weighted by molar-refractivity contribution is -0.122. The fourth-order valence-corrected chi connectivity index (χ4v) is 3.68. The van der Waals surface area contributed by atoms with E-state index in [1.54, 1.807) is 14.0 Å². The van der Waals surface area contributed by atoms with Crippen molar-refractivity contribution in [3.63, 3.8) is 0 Å². The Bertz CT molecular complexity index is 433. The number of carbonyl (C=O) groups excluding carboxylic acids is 1. The molecule has 1 aliphatic rings. The first-order chi connectivity index (χ1) is 10.4. The molecular weight excluding hydrogens is 302 g/mol. The molecule has 0 spiro atoms. The predicted molar refractivity (Wildman–Crippen MR) is 89.1 cm³/mol. The number of hydrogen-bond acceptors (Lipinski definition) is 4. The molecule has 0 aromatic rings. The van der Waals surface area contributed by atoms with E-state index >= 15 is 0 Å². The maximum absolute atomic E-state index is 11.9. The van der Waals surface area contributed by atoms with Crippen molar-refractivity contribution in [2.75, 3.05) is 39.0 Å². The molecular formula is C15H31N3O3S. The maximum Gasteiger partial charge on any atom is 0.220 e. The Balaban J connectivity index is 2.18. The van der Waals surface area contributed by atoms with Crippen LogP contribution in [0.2, 0.25) is 0 Å². The molecule has 1 amide bonds. The van der Waals surface area contributed by atoms with Crippen molar-refractivity contribution < 1.29 is 13.2 Å². The SMILES string of the molecule is CCS(=O)(=O)N(C)CCCNC(=O)CC(C)C1CCNCC1. The largest absolute Gasteiger partial charge is 0.356 e. The molecule has 1 saturated heterocycles. The number of piperidine rings is 1. The highest BCUT2D eigenvalue weighted by atomic mass is 32.2. The summed E-state index contributed by atoms with van der Waals surface area (Å²) in [5.41, 5.74) is 0. The molecule has 0 bridgehead atoms. The molecule has 0 aromatic heterocycles. The summed E-state index contributed by atoms with van der Waals surface area (Å²) < 4.78 is 24.5. The first kappa shape index (κ1) is 19.4. The second-order valence-corrected chi connectivity index (χ2v) is 8.56. The molecule has 6 nitrogen and oxygen atoms in total. The summed E-state index contributed by atoms with van der Waals surface area (Å²) >= 11 is 0. The molecule has 1 fully saturated rings. The van der Waals surface area contributed by atoms with Crippen LogP contribution in [0.3, 0.4) is 0 Å². The van der Waals surface area contributed by atoms with Gasteiger partial charge in [0.25, 0.3) is 0 Å². The Morgan fingerprint density at radius 1 is 1.36 bits per heavy atom. The zero-order valence-corrected chi connectivity index (χ0v) is 14.9. The van der Waals surface area contributed by atoms with Crippen LogP contribution in [0.25, 0.3) is 0 Å². The summed E-state index contributed by atoms with van der Waals surface area (Å²) in [4.78, 5) is 11.9. The summed E-state index contributed by atoms with van der Waals surface area (Å²) in [5, 5.41) is 6.24. The molecule has 1 rings (SSSR count). The van der Waals surface area contributed by atoms with Crippen LogP contribution >= 0.6 is 0 Å². The molecule has 1 heterocycles. The average molecular weight is 333 g/mol. The Morgan fingerprint density at radius 3 is 2.59 bits per heavy atom. The van der Waals surface area contributed by atoms with Crippen LogP contribution in [0.1, 0.15) is 39.5 Å². The average Bonchev–Trinajstić information content (AvgIpc) is 2.52. The van der Waals surface area contributed by atoms with Gasteiger partial charge in [-0.15, -0.1) is 0 Å². The lowest BCUT2D eigenvalue weighted by Gasteiger charge is -2.27. The van der Waals surface area contributed by atoms with Crippen molar-refractivity contribution >= 4 is 15.9 Å². The number of nitrogens with one attached hydrogen (secondary N) is 2. The van der Waals surface area contributed by atoms with Gasteiger partial charge in [-0.2, -0.15) is 0 Å². The van der Waals surface area contributed by atoms with Crippen molar-refractivity contribution in [2.45, 2.75) is 39.5 Å². The van der Waals surface area contributed by atoms with Crippen molar-refractivity contribution in [1.82, 2.24) is 14.9 Å². The molecule has 0 aliphatic carbocycles. The minimum Gasteiger partial charge on any atom is -0.356 e. The third-order valence-corrected chi connectivity index (χ3v) is 6.37. The first-order valence-corrected chi connectivity index (χ1v) is 9.89. The second-order valence-electron chi connectivity index (χ2n) is 6.19. The number of rotatable bonds is 9. The van der Waals surface area contributed by atoms with Crippen LogP contribution < -0.4 is 10.6 Å². The topological polar surface area (TPSA) is 78.5 Å². The van der Waals surface area contributed by atoms with E-state index in [9.17, 15) is 13.2 Å². The van der Waals surface area contributed by atoms with Gasteiger partial charge in [-0.25, -0.2) is 12.7 Å². The van der Waals surface area contributed by atoms with Gasteiger partial charge in [0.05, 0.1) is 5.75 Å². The van der Waals surface area contributed by atoms with Gasteiger partial charge in [-0.3, -0.25) is 4.79 Å². The Kier molecular flexibility index (Phi) is 8.35. The van der Waals surface area contributed by atoms with Gasteiger partial charge in [0.15, 0.2) is 0 Å². The number of sulfonamides is 1. The highest BCUT2D eigenvalue weighted by molar-refractivity contribution is 7.89. The van der Waals surface area contributed by atoms with Gasteiger partial charge in [-0.05, 0) is 51.1 Å². The second kappa shape index (κ2) is 9.47. The van der Waals surface area contributed by atoms with E-state index in [2.05, 4.69) is 17.6 Å². The third-order valence-electron chi connectivity index (χ3n) is 4.51. The van der Waals surface area contributed by atoms with Crippen LogP contribution in [-0.4, -0.2) is 57.6 Å². The first-order valence-electron chi connectivity index (χ1n) is 8.28. The fourth-order valence-electron chi connectivity index (χ4n) is 2.83. The fraction of sp³-hybridized carbons (Fsp3) is 0.933. The summed E-state index contributed by atoms with van der Waals surface area (Å²) in [6.45, 7) is 6.86. The molecule has 0 aromatic carbocycles. The molecule has 2 N–H and O–H groups in total. The van der Waals surface area contributed by atoms with E-state index in [-0.39, 0.29) is 11.7 Å². The zero-order chi connectivity index (χ0) is 16.6. The van der Waals surface area contributed by atoms with Crippen LogP contribution in [0.4, 0.5) is 0 Å².